The maximum atomic E-state index is 13.8. The smallest absolute Gasteiger partial charge is 0.164 e. The van der Waals surface area contributed by atoms with Gasteiger partial charge in [-0.15, -0.1) is 0 Å². The van der Waals surface area contributed by atoms with E-state index in [4.69, 9.17) is 0 Å². The number of piperidine rings is 1. The average Bonchev–Trinajstić information content (AvgIpc) is 2.56. The molecule has 0 unspecified atom stereocenters. The van der Waals surface area contributed by atoms with Crippen LogP contribution in [-0.4, -0.2) is 36.1 Å². The summed E-state index contributed by atoms with van der Waals surface area (Å²) in [5.74, 6) is -0.224. The number of hydrogen-bond acceptors (Lipinski definition) is 3. The summed E-state index contributed by atoms with van der Waals surface area (Å²) in [6.45, 7) is 2.75. The first-order valence-corrected chi connectivity index (χ1v) is 7.82. The van der Waals surface area contributed by atoms with Crippen LogP contribution in [-0.2, 0) is 6.54 Å². The Bertz CT molecular complexity index is 594. The van der Waals surface area contributed by atoms with Gasteiger partial charge in [0.25, 0.3) is 0 Å². The lowest BCUT2D eigenvalue weighted by molar-refractivity contribution is 0.200. The van der Waals surface area contributed by atoms with Gasteiger partial charge < -0.3 is 4.90 Å². The molecule has 4 heteroatoms. The number of rotatable bonds is 4. The third-order valence-electron chi connectivity index (χ3n) is 4.45. The van der Waals surface area contributed by atoms with Crippen LogP contribution < -0.4 is 4.90 Å². The van der Waals surface area contributed by atoms with Crippen molar-refractivity contribution in [3.63, 3.8) is 0 Å². The minimum absolute atomic E-state index is 0.224. The number of pyridine rings is 1. The summed E-state index contributed by atoms with van der Waals surface area (Å²) in [7, 11) is 2.18. The second kappa shape index (κ2) is 6.88. The molecule has 1 aromatic heterocycles. The summed E-state index contributed by atoms with van der Waals surface area (Å²) < 4.78 is 13.8. The normalized spacial score (nSPS) is 16.2. The van der Waals surface area contributed by atoms with Crippen LogP contribution in [0.2, 0.25) is 0 Å². The van der Waals surface area contributed by atoms with Gasteiger partial charge in [0.1, 0.15) is 0 Å². The molecule has 1 aromatic carbocycles. The third-order valence-corrected chi connectivity index (χ3v) is 4.45. The second-order valence-corrected chi connectivity index (χ2v) is 5.95. The molecule has 1 aliphatic rings. The molecule has 0 saturated carbocycles. The van der Waals surface area contributed by atoms with E-state index in [9.17, 15) is 4.39 Å². The van der Waals surface area contributed by atoms with Crippen molar-refractivity contribution in [3.8, 4) is 0 Å². The van der Waals surface area contributed by atoms with Crippen molar-refractivity contribution < 1.29 is 4.39 Å². The predicted octanol–water partition coefficient (Wildman–Crippen LogP) is 3.32. The van der Waals surface area contributed by atoms with E-state index in [1.54, 1.807) is 12.3 Å². The van der Waals surface area contributed by atoms with Gasteiger partial charge in [0.15, 0.2) is 5.82 Å². The molecular formula is C18H22FN3. The van der Waals surface area contributed by atoms with Crippen LogP contribution in [0.25, 0.3) is 0 Å². The van der Waals surface area contributed by atoms with Gasteiger partial charge in [-0.2, -0.15) is 0 Å². The Morgan fingerprint density at radius 2 is 1.91 bits per heavy atom. The average molecular weight is 299 g/mol. The molecule has 116 valence electrons. The monoisotopic (exact) mass is 299 g/mol. The molecule has 2 aromatic rings. The van der Waals surface area contributed by atoms with E-state index >= 15 is 0 Å². The van der Waals surface area contributed by atoms with E-state index in [0.717, 1.165) is 32.5 Å². The molecule has 3 nitrogen and oxygen atoms in total. The highest BCUT2D eigenvalue weighted by molar-refractivity contribution is 5.46. The number of halogens is 1. The van der Waals surface area contributed by atoms with E-state index in [-0.39, 0.29) is 5.82 Å². The van der Waals surface area contributed by atoms with E-state index in [1.165, 1.54) is 11.8 Å². The second-order valence-electron chi connectivity index (χ2n) is 5.95. The highest BCUT2D eigenvalue weighted by atomic mass is 19.1. The Morgan fingerprint density at radius 3 is 2.59 bits per heavy atom. The van der Waals surface area contributed by atoms with E-state index < -0.39 is 0 Å². The molecule has 0 N–H and O–H groups in total. The SMILES string of the molecule is CN(Cc1ccccc1)C1CCN(c2ccncc2F)CC1. The Morgan fingerprint density at radius 1 is 1.18 bits per heavy atom. The topological polar surface area (TPSA) is 19.4 Å². The van der Waals surface area contributed by atoms with Crippen molar-refractivity contribution in [1.82, 2.24) is 9.88 Å². The van der Waals surface area contributed by atoms with Crippen molar-refractivity contribution in [2.24, 2.45) is 0 Å². The largest absolute Gasteiger partial charge is 0.369 e. The lowest BCUT2D eigenvalue weighted by Crippen LogP contribution is -2.43. The first-order valence-electron chi connectivity index (χ1n) is 7.82. The van der Waals surface area contributed by atoms with Crippen LogP contribution in [0.4, 0.5) is 10.1 Å². The van der Waals surface area contributed by atoms with Crippen molar-refractivity contribution in [3.05, 3.63) is 60.2 Å². The van der Waals surface area contributed by atoms with Crippen molar-refractivity contribution in [1.29, 1.82) is 0 Å². The fourth-order valence-electron chi connectivity index (χ4n) is 3.17. The standard InChI is InChI=1S/C18H22FN3/c1-21(14-15-5-3-2-4-6-15)16-8-11-22(12-9-16)18-7-10-20-13-17(18)19/h2-7,10,13,16H,8-9,11-12,14H2,1H3. The van der Waals surface area contributed by atoms with E-state index in [0.29, 0.717) is 11.7 Å². The van der Waals surface area contributed by atoms with Crippen LogP contribution in [0.15, 0.2) is 48.8 Å². The number of aromatic nitrogens is 1. The molecule has 0 spiro atoms. The quantitative estimate of drug-likeness (QED) is 0.863. The Labute approximate surface area is 131 Å². The van der Waals surface area contributed by atoms with Crippen molar-refractivity contribution >= 4 is 5.69 Å². The maximum Gasteiger partial charge on any atom is 0.164 e. The van der Waals surface area contributed by atoms with Gasteiger partial charge in [-0.25, -0.2) is 4.39 Å². The molecule has 0 bridgehead atoms. The maximum absolute atomic E-state index is 13.8. The summed E-state index contributed by atoms with van der Waals surface area (Å²) >= 11 is 0. The van der Waals surface area contributed by atoms with Gasteiger partial charge in [0.2, 0.25) is 0 Å². The summed E-state index contributed by atoms with van der Waals surface area (Å²) in [5, 5.41) is 0. The summed E-state index contributed by atoms with van der Waals surface area (Å²) in [6.07, 6.45) is 5.07. The molecule has 0 atom stereocenters. The van der Waals surface area contributed by atoms with Gasteiger partial charge in [0, 0.05) is 31.9 Å². The van der Waals surface area contributed by atoms with Gasteiger partial charge in [-0.05, 0) is 31.5 Å². The number of hydrogen-bond donors (Lipinski definition) is 0. The zero-order chi connectivity index (χ0) is 15.4. The minimum atomic E-state index is -0.224. The number of anilines is 1. The molecule has 2 heterocycles. The van der Waals surface area contributed by atoms with E-state index in [1.807, 2.05) is 6.07 Å². The summed E-state index contributed by atoms with van der Waals surface area (Å²) in [5.41, 5.74) is 2.02. The Hall–Kier alpha value is -1.94. The molecular weight excluding hydrogens is 277 g/mol. The fraction of sp³-hybridized carbons (Fsp3) is 0.389. The number of nitrogens with zero attached hydrogens (tertiary/aromatic N) is 3. The molecule has 0 radical (unpaired) electrons. The molecule has 1 saturated heterocycles. The first kappa shape index (κ1) is 15.0. The van der Waals surface area contributed by atoms with Crippen molar-refractivity contribution in [2.45, 2.75) is 25.4 Å². The fourth-order valence-corrected chi connectivity index (χ4v) is 3.17. The highest BCUT2D eigenvalue weighted by Crippen LogP contribution is 2.24. The molecule has 0 aliphatic carbocycles. The van der Waals surface area contributed by atoms with Crippen molar-refractivity contribution in [2.75, 3.05) is 25.0 Å². The molecule has 1 aliphatic heterocycles. The Kier molecular flexibility index (Phi) is 4.68. The molecule has 1 fully saturated rings. The zero-order valence-electron chi connectivity index (χ0n) is 13.0. The Balaban J connectivity index is 1.56. The molecule has 3 rings (SSSR count). The minimum Gasteiger partial charge on any atom is -0.369 e. The van der Waals surface area contributed by atoms with Gasteiger partial charge >= 0.3 is 0 Å². The summed E-state index contributed by atoms with van der Waals surface area (Å²) in [4.78, 5) is 8.36. The van der Waals surface area contributed by atoms with Crippen LogP contribution in [0.3, 0.4) is 0 Å². The zero-order valence-corrected chi connectivity index (χ0v) is 13.0. The van der Waals surface area contributed by atoms with Gasteiger partial charge in [-0.1, -0.05) is 30.3 Å². The number of benzene rings is 1. The highest BCUT2D eigenvalue weighted by Gasteiger charge is 2.23. The first-order chi connectivity index (χ1) is 10.7. The summed E-state index contributed by atoms with van der Waals surface area (Å²) in [6, 6.07) is 12.9. The van der Waals surface area contributed by atoms with Crippen LogP contribution in [0, 0.1) is 5.82 Å². The van der Waals surface area contributed by atoms with Gasteiger partial charge in [-0.3, -0.25) is 9.88 Å². The third kappa shape index (κ3) is 3.45. The lowest BCUT2D eigenvalue weighted by atomic mass is 10.0. The van der Waals surface area contributed by atoms with Crippen LogP contribution >= 0.6 is 0 Å². The van der Waals surface area contributed by atoms with E-state index in [2.05, 4.69) is 46.1 Å². The lowest BCUT2D eigenvalue weighted by Gasteiger charge is -2.38. The van der Waals surface area contributed by atoms with Crippen LogP contribution in [0.1, 0.15) is 18.4 Å². The van der Waals surface area contributed by atoms with Gasteiger partial charge in [0.05, 0.1) is 11.9 Å². The predicted molar refractivity (Wildman–Crippen MR) is 87.3 cm³/mol. The molecule has 0 amide bonds. The molecule has 22 heavy (non-hydrogen) atoms. The van der Waals surface area contributed by atoms with Crippen LogP contribution in [0.5, 0.6) is 0 Å².